The maximum absolute atomic E-state index is 12.7. The molecule has 0 N–H and O–H groups in total. The van der Waals surface area contributed by atoms with Gasteiger partial charge in [-0.3, -0.25) is 9.78 Å². The van der Waals surface area contributed by atoms with E-state index in [1.54, 1.807) is 12.3 Å². The van der Waals surface area contributed by atoms with E-state index < -0.39 is 0 Å². The van der Waals surface area contributed by atoms with Gasteiger partial charge in [0.15, 0.2) is 0 Å². The summed E-state index contributed by atoms with van der Waals surface area (Å²) in [6.45, 7) is 7.91. The number of carbonyl (C=O) groups excluding carboxylic acids is 1. The fourth-order valence-electron chi connectivity index (χ4n) is 3.83. The molecule has 3 aromatic rings. The van der Waals surface area contributed by atoms with Gasteiger partial charge < -0.3 is 14.5 Å². The third-order valence-corrected chi connectivity index (χ3v) is 5.92. The fraction of sp³-hybridized carbons (Fsp3) is 0.259. The van der Waals surface area contributed by atoms with Crippen LogP contribution in [0, 0.1) is 13.8 Å². The van der Waals surface area contributed by atoms with Gasteiger partial charge in [-0.2, -0.15) is 0 Å². The lowest BCUT2D eigenvalue weighted by Gasteiger charge is -2.36. The van der Waals surface area contributed by atoms with E-state index in [-0.39, 0.29) is 5.91 Å². The first-order valence-corrected chi connectivity index (χ1v) is 11.0. The highest BCUT2D eigenvalue weighted by Crippen LogP contribution is 2.24. The summed E-state index contributed by atoms with van der Waals surface area (Å²) in [4.78, 5) is 21.2. The number of amides is 1. The molecule has 2 aromatic carbocycles. The van der Waals surface area contributed by atoms with Crippen LogP contribution in [-0.4, -0.2) is 42.0 Å². The molecule has 2 heterocycles. The lowest BCUT2D eigenvalue weighted by atomic mass is 10.1. The molecule has 1 amide bonds. The third kappa shape index (κ3) is 5.35. The molecule has 1 saturated heterocycles. The Morgan fingerprint density at radius 2 is 1.75 bits per heavy atom. The van der Waals surface area contributed by atoms with Crippen molar-refractivity contribution in [3.8, 4) is 5.75 Å². The van der Waals surface area contributed by atoms with Gasteiger partial charge in [0.2, 0.25) is 5.91 Å². The largest absolute Gasteiger partial charge is 0.487 e. The monoisotopic (exact) mass is 427 g/mol. The van der Waals surface area contributed by atoms with E-state index >= 15 is 0 Å². The normalized spacial score (nSPS) is 14.1. The quantitative estimate of drug-likeness (QED) is 0.538. The van der Waals surface area contributed by atoms with Crippen LogP contribution >= 0.6 is 0 Å². The van der Waals surface area contributed by atoms with Crippen molar-refractivity contribution >= 4 is 17.7 Å². The van der Waals surface area contributed by atoms with Crippen molar-refractivity contribution in [1.29, 1.82) is 0 Å². The number of rotatable bonds is 6. The Bertz CT molecular complexity index is 1070. The van der Waals surface area contributed by atoms with Crippen LogP contribution in [0.4, 0.5) is 5.69 Å². The maximum Gasteiger partial charge on any atom is 0.246 e. The lowest BCUT2D eigenvalue weighted by Crippen LogP contribution is -2.48. The van der Waals surface area contributed by atoms with Crippen LogP contribution in [0.3, 0.4) is 0 Å². The molecule has 1 aliphatic rings. The van der Waals surface area contributed by atoms with Crippen molar-refractivity contribution < 1.29 is 9.53 Å². The molecule has 5 heteroatoms. The highest BCUT2D eigenvalue weighted by Gasteiger charge is 2.21. The van der Waals surface area contributed by atoms with Crippen molar-refractivity contribution in [2.45, 2.75) is 20.5 Å². The molecule has 32 heavy (non-hydrogen) atoms. The van der Waals surface area contributed by atoms with Crippen LogP contribution < -0.4 is 9.64 Å². The number of pyridine rings is 1. The van der Waals surface area contributed by atoms with Gasteiger partial charge in [0.05, 0.1) is 5.69 Å². The number of carbonyl (C=O) groups is 1. The molecule has 4 rings (SSSR count). The number of benzene rings is 2. The standard InChI is InChI=1S/C27H29N3O2/c1-21-6-5-8-26(22(21)2)29-16-18-30(19-17-29)27(31)14-11-23-9-12-25(13-10-23)32-20-24-7-3-4-15-28-24/h3-15H,16-20H2,1-2H3/b14-11+. The van der Waals surface area contributed by atoms with E-state index in [1.807, 2.05) is 53.4 Å². The minimum Gasteiger partial charge on any atom is -0.487 e. The zero-order valence-corrected chi connectivity index (χ0v) is 18.7. The number of aryl methyl sites for hydroxylation is 1. The van der Waals surface area contributed by atoms with Crippen molar-refractivity contribution in [2.75, 3.05) is 31.1 Å². The van der Waals surface area contributed by atoms with Gasteiger partial charge in [-0.1, -0.05) is 30.3 Å². The molecule has 1 fully saturated rings. The van der Waals surface area contributed by atoms with E-state index in [4.69, 9.17) is 4.74 Å². The highest BCUT2D eigenvalue weighted by molar-refractivity contribution is 5.92. The van der Waals surface area contributed by atoms with Crippen LogP contribution in [0.2, 0.25) is 0 Å². The fourth-order valence-corrected chi connectivity index (χ4v) is 3.83. The van der Waals surface area contributed by atoms with Gasteiger partial charge >= 0.3 is 0 Å². The Morgan fingerprint density at radius 3 is 2.47 bits per heavy atom. The smallest absolute Gasteiger partial charge is 0.246 e. The Kier molecular flexibility index (Phi) is 6.85. The first-order chi connectivity index (χ1) is 15.6. The van der Waals surface area contributed by atoms with Gasteiger partial charge in [0, 0.05) is 44.1 Å². The summed E-state index contributed by atoms with van der Waals surface area (Å²) in [6, 6.07) is 19.9. The molecule has 0 radical (unpaired) electrons. The zero-order chi connectivity index (χ0) is 22.3. The molecule has 5 nitrogen and oxygen atoms in total. The summed E-state index contributed by atoms with van der Waals surface area (Å²) < 4.78 is 5.76. The van der Waals surface area contributed by atoms with E-state index in [2.05, 4.69) is 41.9 Å². The van der Waals surface area contributed by atoms with Gasteiger partial charge in [0.25, 0.3) is 0 Å². The summed E-state index contributed by atoms with van der Waals surface area (Å²) in [5.41, 5.74) is 5.76. The van der Waals surface area contributed by atoms with Gasteiger partial charge in [-0.25, -0.2) is 0 Å². The van der Waals surface area contributed by atoms with Gasteiger partial charge in [0.1, 0.15) is 12.4 Å². The average molecular weight is 428 g/mol. The van der Waals surface area contributed by atoms with E-state index in [1.165, 1.54) is 16.8 Å². The van der Waals surface area contributed by atoms with E-state index in [0.29, 0.717) is 6.61 Å². The molecule has 0 saturated carbocycles. The van der Waals surface area contributed by atoms with E-state index in [9.17, 15) is 4.79 Å². The molecule has 1 aliphatic heterocycles. The number of hydrogen-bond acceptors (Lipinski definition) is 4. The highest BCUT2D eigenvalue weighted by atomic mass is 16.5. The summed E-state index contributed by atoms with van der Waals surface area (Å²) in [7, 11) is 0. The second kappa shape index (κ2) is 10.1. The Balaban J connectivity index is 1.27. The number of ether oxygens (including phenoxy) is 1. The Hall–Kier alpha value is -3.60. The number of aromatic nitrogens is 1. The molecule has 0 aliphatic carbocycles. The molecule has 1 aromatic heterocycles. The third-order valence-electron chi connectivity index (χ3n) is 5.92. The lowest BCUT2D eigenvalue weighted by molar-refractivity contribution is -0.126. The van der Waals surface area contributed by atoms with Crippen LogP contribution in [0.5, 0.6) is 5.75 Å². The van der Waals surface area contributed by atoms with Crippen molar-refractivity contribution in [1.82, 2.24) is 9.88 Å². The Labute approximate surface area is 190 Å². The number of nitrogens with zero attached hydrogens (tertiary/aromatic N) is 3. The molecule has 0 spiro atoms. The number of piperazine rings is 1. The predicted molar refractivity (Wildman–Crippen MR) is 129 cm³/mol. The zero-order valence-electron chi connectivity index (χ0n) is 18.7. The number of anilines is 1. The second-order valence-electron chi connectivity index (χ2n) is 8.04. The van der Waals surface area contributed by atoms with Crippen molar-refractivity contribution in [3.05, 3.63) is 95.3 Å². The summed E-state index contributed by atoms with van der Waals surface area (Å²) in [5.74, 6) is 0.836. The van der Waals surface area contributed by atoms with E-state index in [0.717, 1.165) is 43.2 Å². The molecule has 0 bridgehead atoms. The predicted octanol–water partition coefficient (Wildman–Crippen LogP) is 4.64. The summed E-state index contributed by atoms with van der Waals surface area (Å²) in [6.07, 6.45) is 5.28. The van der Waals surface area contributed by atoms with Gasteiger partial charge in [-0.05, 0) is 66.9 Å². The SMILES string of the molecule is Cc1cccc(N2CCN(C(=O)/C=C/c3ccc(OCc4ccccn4)cc3)CC2)c1C. The van der Waals surface area contributed by atoms with Crippen LogP contribution in [-0.2, 0) is 11.4 Å². The molecule has 0 atom stereocenters. The van der Waals surface area contributed by atoms with Crippen molar-refractivity contribution in [3.63, 3.8) is 0 Å². The molecule has 164 valence electrons. The first-order valence-electron chi connectivity index (χ1n) is 11.0. The molecule has 0 unspecified atom stereocenters. The maximum atomic E-state index is 12.7. The van der Waals surface area contributed by atoms with Crippen LogP contribution in [0.15, 0.2) is 72.9 Å². The minimum atomic E-state index is 0.0566. The van der Waals surface area contributed by atoms with Crippen LogP contribution in [0.25, 0.3) is 6.08 Å². The first kappa shape index (κ1) is 21.6. The summed E-state index contributed by atoms with van der Waals surface area (Å²) in [5, 5.41) is 0. The summed E-state index contributed by atoms with van der Waals surface area (Å²) >= 11 is 0. The molecular formula is C27H29N3O2. The van der Waals surface area contributed by atoms with Crippen molar-refractivity contribution in [2.24, 2.45) is 0 Å². The van der Waals surface area contributed by atoms with Crippen LogP contribution in [0.1, 0.15) is 22.4 Å². The second-order valence-corrected chi connectivity index (χ2v) is 8.04. The Morgan fingerprint density at radius 1 is 0.969 bits per heavy atom. The average Bonchev–Trinajstić information content (AvgIpc) is 2.84. The molecular weight excluding hydrogens is 398 g/mol. The minimum absolute atomic E-state index is 0.0566. The topological polar surface area (TPSA) is 45.7 Å². The number of hydrogen-bond donors (Lipinski definition) is 0. The van der Waals surface area contributed by atoms with Gasteiger partial charge in [-0.15, -0.1) is 0 Å².